The summed E-state index contributed by atoms with van der Waals surface area (Å²) in [4.78, 5) is 0. The number of rotatable bonds is 1. The largest absolute Gasteiger partial charge is 0.393 e. The van der Waals surface area contributed by atoms with E-state index in [1.165, 1.54) is 12.8 Å². The maximum atomic E-state index is 10.6. The monoisotopic (exact) mass is 344 g/mol. The van der Waals surface area contributed by atoms with E-state index in [2.05, 4.69) is 39.8 Å². The first kappa shape index (κ1) is 17.8. The summed E-state index contributed by atoms with van der Waals surface area (Å²) in [7, 11) is 0. The molecule has 2 N–H and O–H groups in total. The lowest BCUT2D eigenvalue weighted by atomic mass is 9.46. The van der Waals surface area contributed by atoms with Crippen molar-refractivity contribution < 1.29 is 10.2 Å². The van der Waals surface area contributed by atoms with Crippen LogP contribution in [0.5, 0.6) is 0 Å². The maximum Gasteiger partial charge on any atom is 0.0597 e. The van der Waals surface area contributed by atoms with Gasteiger partial charge in [-0.1, -0.05) is 45.4 Å². The van der Waals surface area contributed by atoms with Gasteiger partial charge in [0.2, 0.25) is 0 Å². The van der Waals surface area contributed by atoms with Crippen LogP contribution in [0.15, 0.2) is 23.3 Å². The molecular formula is C23H36O2. The molecule has 140 valence electrons. The van der Waals surface area contributed by atoms with Gasteiger partial charge in [-0.05, 0) is 85.0 Å². The van der Waals surface area contributed by atoms with Crippen LogP contribution in [-0.2, 0) is 0 Å². The molecule has 4 aliphatic carbocycles. The van der Waals surface area contributed by atoms with Gasteiger partial charge in [-0.25, -0.2) is 0 Å². The summed E-state index contributed by atoms with van der Waals surface area (Å²) in [5.41, 5.74) is 3.66. The predicted octanol–water partition coefficient (Wildman–Crippen LogP) is 4.86. The Morgan fingerprint density at radius 3 is 2.48 bits per heavy atom. The van der Waals surface area contributed by atoms with Gasteiger partial charge in [0.05, 0.1) is 12.2 Å². The minimum absolute atomic E-state index is 0.0434. The molecule has 0 amide bonds. The van der Waals surface area contributed by atoms with Crippen molar-refractivity contribution >= 4 is 0 Å². The second-order valence-electron chi connectivity index (χ2n) is 10.5. The van der Waals surface area contributed by atoms with Crippen molar-refractivity contribution in [3.63, 3.8) is 0 Å². The molecule has 7 atom stereocenters. The highest BCUT2D eigenvalue weighted by Crippen LogP contribution is 2.65. The fourth-order valence-corrected chi connectivity index (χ4v) is 7.51. The SMILES string of the molecule is C[C@H](O)[C@H]1CCC2=C3C=C[C@H]4C(C)(C)[C@@H](O)CC[C@]4(C)[C@H]3CC[C@@]21C. The molecule has 0 aromatic heterocycles. The van der Waals surface area contributed by atoms with Gasteiger partial charge in [-0.2, -0.15) is 0 Å². The number of allylic oxidation sites excluding steroid dienone is 4. The summed E-state index contributed by atoms with van der Waals surface area (Å²) >= 11 is 0. The highest BCUT2D eigenvalue weighted by atomic mass is 16.3. The van der Waals surface area contributed by atoms with Gasteiger partial charge in [0.25, 0.3) is 0 Å². The predicted molar refractivity (Wildman–Crippen MR) is 102 cm³/mol. The van der Waals surface area contributed by atoms with Crippen molar-refractivity contribution in [2.75, 3.05) is 0 Å². The Labute approximate surface area is 153 Å². The Kier molecular flexibility index (Phi) is 3.88. The quantitative estimate of drug-likeness (QED) is 0.713. The number of hydrogen-bond donors (Lipinski definition) is 2. The van der Waals surface area contributed by atoms with Crippen molar-refractivity contribution in [1.29, 1.82) is 0 Å². The van der Waals surface area contributed by atoms with Gasteiger partial charge in [0.1, 0.15) is 0 Å². The lowest BCUT2D eigenvalue weighted by Gasteiger charge is -2.59. The zero-order chi connectivity index (χ0) is 18.2. The Morgan fingerprint density at radius 2 is 1.80 bits per heavy atom. The molecule has 2 heteroatoms. The van der Waals surface area contributed by atoms with E-state index in [0.29, 0.717) is 17.8 Å². The fraction of sp³-hybridized carbons (Fsp3) is 0.826. The fourth-order valence-electron chi connectivity index (χ4n) is 7.51. The van der Waals surface area contributed by atoms with Crippen LogP contribution in [0, 0.1) is 34.0 Å². The summed E-state index contributed by atoms with van der Waals surface area (Å²) in [5.74, 6) is 1.50. The summed E-state index contributed by atoms with van der Waals surface area (Å²) in [6.07, 6.45) is 11.3. The maximum absolute atomic E-state index is 10.6. The van der Waals surface area contributed by atoms with Gasteiger partial charge >= 0.3 is 0 Å². The van der Waals surface area contributed by atoms with E-state index < -0.39 is 0 Å². The third-order valence-electron chi connectivity index (χ3n) is 9.06. The van der Waals surface area contributed by atoms with Crippen LogP contribution >= 0.6 is 0 Å². The highest BCUT2D eigenvalue weighted by molar-refractivity contribution is 5.42. The van der Waals surface area contributed by atoms with Crippen LogP contribution in [0.3, 0.4) is 0 Å². The number of hydrogen-bond acceptors (Lipinski definition) is 2. The number of aliphatic hydroxyl groups is 2. The Balaban J connectivity index is 1.80. The van der Waals surface area contributed by atoms with Crippen LogP contribution in [-0.4, -0.2) is 22.4 Å². The van der Waals surface area contributed by atoms with Crippen molar-refractivity contribution in [3.8, 4) is 0 Å². The molecule has 0 radical (unpaired) electrons. The molecule has 0 aliphatic heterocycles. The Morgan fingerprint density at radius 1 is 1.08 bits per heavy atom. The van der Waals surface area contributed by atoms with Gasteiger partial charge in [0, 0.05) is 0 Å². The Bertz CT molecular complexity index is 628. The first-order chi connectivity index (χ1) is 11.6. The Hall–Kier alpha value is -0.600. The molecule has 4 aliphatic rings. The summed E-state index contributed by atoms with van der Waals surface area (Å²) in [6.45, 7) is 11.4. The van der Waals surface area contributed by atoms with E-state index in [1.54, 1.807) is 11.1 Å². The summed E-state index contributed by atoms with van der Waals surface area (Å²) < 4.78 is 0. The van der Waals surface area contributed by atoms with Gasteiger partial charge < -0.3 is 10.2 Å². The topological polar surface area (TPSA) is 40.5 Å². The average molecular weight is 345 g/mol. The number of fused-ring (bicyclic) bond motifs is 4. The zero-order valence-electron chi connectivity index (χ0n) is 16.7. The zero-order valence-corrected chi connectivity index (χ0v) is 16.7. The number of aliphatic hydroxyl groups excluding tert-OH is 2. The normalized spacial score (nSPS) is 49.4. The van der Waals surface area contributed by atoms with E-state index in [1.807, 2.05) is 6.92 Å². The van der Waals surface area contributed by atoms with E-state index in [4.69, 9.17) is 0 Å². The lowest BCUT2D eigenvalue weighted by molar-refractivity contribution is -0.0979. The van der Waals surface area contributed by atoms with E-state index >= 15 is 0 Å². The van der Waals surface area contributed by atoms with Gasteiger partial charge in [-0.3, -0.25) is 0 Å². The molecule has 0 spiro atoms. The standard InChI is InChI=1S/C23H36O2/c1-14(24)16-7-8-17-15-6-9-19-21(2,3)20(25)11-13-23(19,5)18(15)10-12-22(16,17)4/h6,9,14,16,18-20,24-25H,7-8,10-13H2,1-5H3/t14-,16+,18-,19-,20-,22+,23+/m0/s1. The van der Waals surface area contributed by atoms with E-state index in [-0.39, 0.29) is 28.5 Å². The summed E-state index contributed by atoms with van der Waals surface area (Å²) in [5, 5.41) is 20.9. The molecule has 0 heterocycles. The molecule has 0 aromatic rings. The van der Waals surface area contributed by atoms with Crippen molar-refractivity contribution in [2.45, 2.75) is 85.4 Å². The van der Waals surface area contributed by atoms with Crippen LogP contribution in [0.2, 0.25) is 0 Å². The molecule has 2 fully saturated rings. The van der Waals surface area contributed by atoms with Crippen LogP contribution < -0.4 is 0 Å². The molecular weight excluding hydrogens is 308 g/mol. The van der Waals surface area contributed by atoms with Crippen LogP contribution in [0.25, 0.3) is 0 Å². The highest BCUT2D eigenvalue weighted by Gasteiger charge is 2.58. The first-order valence-electron chi connectivity index (χ1n) is 10.4. The third kappa shape index (κ3) is 2.22. The molecule has 0 unspecified atom stereocenters. The van der Waals surface area contributed by atoms with E-state index in [9.17, 15) is 10.2 Å². The lowest BCUT2D eigenvalue weighted by Crippen LogP contribution is -2.54. The smallest absolute Gasteiger partial charge is 0.0597 e. The van der Waals surface area contributed by atoms with Gasteiger partial charge in [-0.15, -0.1) is 0 Å². The molecule has 0 bridgehead atoms. The van der Waals surface area contributed by atoms with Gasteiger partial charge in [0.15, 0.2) is 0 Å². The minimum atomic E-state index is -0.209. The third-order valence-corrected chi connectivity index (χ3v) is 9.06. The van der Waals surface area contributed by atoms with Crippen LogP contribution in [0.1, 0.15) is 73.1 Å². The second-order valence-corrected chi connectivity index (χ2v) is 10.5. The second kappa shape index (κ2) is 5.45. The van der Waals surface area contributed by atoms with Crippen LogP contribution in [0.4, 0.5) is 0 Å². The molecule has 0 aromatic carbocycles. The molecule has 2 saturated carbocycles. The molecule has 0 saturated heterocycles. The van der Waals surface area contributed by atoms with Crippen molar-refractivity contribution in [1.82, 2.24) is 0 Å². The van der Waals surface area contributed by atoms with Crippen molar-refractivity contribution in [3.05, 3.63) is 23.3 Å². The first-order valence-corrected chi connectivity index (χ1v) is 10.4. The minimum Gasteiger partial charge on any atom is -0.393 e. The summed E-state index contributed by atoms with van der Waals surface area (Å²) in [6, 6.07) is 0. The molecule has 2 nitrogen and oxygen atoms in total. The average Bonchev–Trinajstić information content (AvgIpc) is 2.89. The van der Waals surface area contributed by atoms with Crippen molar-refractivity contribution in [2.24, 2.45) is 34.0 Å². The van der Waals surface area contributed by atoms with E-state index in [0.717, 1.165) is 25.7 Å². The molecule has 4 rings (SSSR count). The molecule has 25 heavy (non-hydrogen) atoms.